The number of amides is 1. The van der Waals surface area contributed by atoms with Crippen molar-refractivity contribution in [3.8, 4) is 11.5 Å². The van der Waals surface area contributed by atoms with E-state index in [-0.39, 0.29) is 5.91 Å². The van der Waals surface area contributed by atoms with Crippen LogP contribution in [-0.2, 0) is 11.3 Å². The number of benzene rings is 1. The Kier molecular flexibility index (Phi) is 5.22. The lowest BCUT2D eigenvalue weighted by Gasteiger charge is -2.29. The fourth-order valence-electron chi connectivity index (χ4n) is 3.60. The maximum atomic E-state index is 13.2. The van der Waals surface area contributed by atoms with Crippen LogP contribution in [0.1, 0.15) is 29.8 Å². The maximum Gasteiger partial charge on any atom is 0.259 e. The van der Waals surface area contributed by atoms with E-state index in [1.165, 1.54) is 0 Å². The van der Waals surface area contributed by atoms with Crippen LogP contribution in [0.5, 0.6) is 11.5 Å². The number of nitrogens with one attached hydrogen (secondary N) is 1. The van der Waals surface area contributed by atoms with Crippen molar-refractivity contribution >= 4 is 28.7 Å². The molecule has 0 radical (unpaired) electrons. The van der Waals surface area contributed by atoms with Crippen LogP contribution in [0, 0.1) is 0 Å². The van der Waals surface area contributed by atoms with Crippen molar-refractivity contribution in [1.82, 2.24) is 9.55 Å². The topological polar surface area (TPSA) is 74.6 Å². The van der Waals surface area contributed by atoms with Crippen LogP contribution in [0.4, 0.5) is 5.69 Å². The summed E-state index contributed by atoms with van der Waals surface area (Å²) in [6.45, 7) is 5.15. The van der Waals surface area contributed by atoms with Gasteiger partial charge in [0.2, 0.25) is 0 Å². The van der Waals surface area contributed by atoms with Crippen molar-refractivity contribution in [2.45, 2.75) is 26.0 Å². The Bertz CT molecular complexity index is 1130. The summed E-state index contributed by atoms with van der Waals surface area (Å²) in [5.74, 6) is 0.914. The number of pyridine rings is 1. The Hall–Kier alpha value is -3.32. The molecule has 2 aromatic heterocycles. The second kappa shape index (κ2) is 7.84. The van der Waals surface area contributed by atoms with Crippen molar-refractivity contribution in [2.75, 3.05) is 26.1 Å². The van der Waals surface area contributed by atoms with Gasteiger partial charge in [0.15, 0.2) is 0 Å². The smallest absolute Gasteiger partial charge is 0.259 e. The predicted octanol–water partition coefficient (Wildman–Crippen LogP) is 4.13. The summed E-state index contributed by atoms with van der Waals surface area (Å²) in [5.41, 5.74) is 2.27. The monoisotopic (exact) mass is 407 g/mol. The molecule has 0 bridgehead atoms. The van der Waals surface area contributed by atoms with Gasteiger partial charge >= 0.3 is 0 Å². The highest BCUT2D eigenvalue weighted by atomic mass is 16.5. The molecular formula is C23H25N3O4. The van der Waals surface area contributed by atoms with Gasteiger partial charge in [-0.2, -0.15) is 0 Å². The summed E-state index contributed by atoms with van der Waals surface area (Å²) in [5, 5.41) is 3.88. The lowest BCUT2D eigenvalue weighted by atomic mass is 9.99. The SMILES string of the molecule is COCCn1cc(NC(=O)c2ccc3c(c2OC)C=CC(C)(C)O3)c2cccnc21. The molecule has 7 nitrogen and oxygen atoms in total. The number of ether oxygens (including phenoxy) is 3. The van der Waals surface area contributed by atoms with Gasteiger partial charge in [-0.3, -0.25) is 4.79 Å². The fraction of sp³-hybridized carbons (Fsp3) is 0.304. The van der Waals surface area contributed by atoms with Crippen molar-refractivity contribution < 1.29 is 19.0 Å². The molecule has 30 heavy (non-hydrogen) atoms. The van der Waals surface area contributed by atoms with E-state index in [1.807, 2.05) is 48.9 Å². The molecule has 1 aromatic carbocycles. The molecule has 1 aliphatic heterocycles. The van der Waals surface area contributed by atoms with E-state index < -0.39 is 5.60 Å². The fourth-order valence-corrected chi connectivity index (χ4v) is 3.60. The van der Waals surface area contributed by atoms with Crippen molar-refractivity contribution in [1.29, 1.82) is 0 Å². The largest absolute Gasteiger partial charge is 0.495 e. The number of rotatable bonds is 6. The summed E-state index contributed by atoms with van der Waals surface area (Å²) in [6, 6.07) is 7.32. The minimum absolute atomic E-state index is 0.262. The van der Waals surface area contributed by atoms with Gasteiger partial charge in [-0.05, 0) is 50.3 Å². The molecule has 156 valence electrons. The average Bonchev–Trinajstić information content (AvgIpc) is 3.08. The van der Waals surface area contributed by atoms with Crippen LogP contribution in [0.2, 0.25) is 0 Å². The molecule has 3 aromatic rings. The van der Waals surface area contributed by atoms with Crippen molar-refractivity contribution in [3.05, 3.63) is 53.9 Å². The van der Waals surface area contributed by atoms with Gasteiger partial charge in [0.05, 0.1) is 30.5 Å². The van der Waals surface area contributed by atoms with Crippen LogP contribution in [0.3, 0.4) is 0 Å². The zero-order chi connectivity index (χ0) is 21.3. The molecule has 4 rings (SSSR count). The highest BCUT2D eigenvalue weighted by molar-refractivity contribution is 6.10. The number of aromatic nitrogens is 2. The third kappa shape index (κ3) is 3.64. The van der Waals surface area contributed by atoms with Crippen LogP contribution in [-0.4, -0.2) is 41.9 Å². The molecule has 7 heteroatoms. The molecule has 0 saturated carbocycles. The summed E-state index contributed by atoms with van der Waals surface area (Å²) >= 11 is 0. The van der Waals surface area contributed by atoms with E-state index in [0.717, 1.165) is 16.6 Å². The summed E-state index contributed by atoms with van der Waals surface area (Å²) in [4.78, 5) is 17.6. The van der Waals surface area contributed by atoms with E-state index in [0.29, 0.717) is 35.9 Å². The molecule has 1 N–H and O–H groups in total. The standard InChI is InChI=1S/C23H25N3O4/c1-23(2)10-9-16-19(30-23)8-7-17(20(16)29-4)22(27)25-18-14-26(12-13-28-3)21-15(18)6-5-11-24-21/h5-11,14H,12-13H2,1-4H3,(H,25,27). The number of hydrogen-bond donors (Lipinski definition) is 1. The third-order valence-corrected chi connectivity index (χ3v) is 5.05. The second-order valence-corrected chi connectivity index (χ2v) is 7.65. The summed E-state index contributed by atoms with van der Waals surface area (Å²) in [6.07, 6.45) is 7.51. The Labute approximate surface area is 175 Å². The van der Waals surface area contributed by atoms with E-state index in [2.05, 4.69) is 10.3 Å². The molecular weight excluding hydrogens is 382 g/mol. The van der Waals surface area contributed by atoms with E-state index in [4.69, 9.17) is 14.2 Å². The Morgan fingerprint density at radius 3 is 2.87 bits per heavy atom. The number of anilines is 1. The zero-order valence-corrected chi connectivity index (χ0v) is 17.6. The van der Waals surface area contributed by atoms with Gasteiger partial charge in [0.25, 0.3) is 5.91 Å². The quantitative estimate of drug-likeness (QED) is 0.665. The van der Waals surface area contributed by atoms with Crippen molar-refractivity contribution in [3.63, 3.8) is 0 Å². The minimum Gasteiger partial charge on any atom is -0.495 e. The predicted molar refractivity (Wildman–Crippen MR) is 116 cm³/mol. The van der Waals surface area contributed by atoms with Crippen molar-refractivity contribution in [2.24, 2.45) is 0 Å². The lowest BCUT2D eigenvalue weighted by molar-refractivity contribution is 0.102. The zero-order valence-electron chi connectivity index (χ0n) is 17.6. The molecule has 0 saturated heterocycles. The van der Waals surface area contributed by atoms with Gasteiger partial charge < -0.3 is 24.1 Å². The van der Waals surface area contributed by atoms with Crippen LogP contribution < -0.4 is 14.8 Å². The first-order valence-electron chi connectivity index (χ1n) is 9.77. The minimum atomic E-state index is -0.404. The first-order chi connectivity index (χ1) is 14.4. The molecule has 3 heterocycles. The van der Waals surface area contributed by atoms with Gasteiger partial charge in [-0.1, -0.05) is 0 Å². The number of fused-ring (bicyclic) bond motifs is 2. The molecule has 0 unspecified atom stereocenters. The van der Waals surface area contributed by atoms with Crippen LogP contribution in [0.25, 0.3) is 17.1 Å². The molecule has 1 amide bonds. The van der Waals surface area contributed by atoms with Gasteiger partial charge in [-0.15, -0.1) is 0 Å². The molecule has 0 spiro atoms. The highest BCUT2D eigenvalue weighted by Gasteiger charge is 2.27. The second-order valence-electron chi connectivity index (χ2n) is 7.65. The normalized spacial score (nSPS) is 14.3. The van der Waals surface area contributed by atoms with Gasteiger partial charge in [0, 0.05) is 31.4 Å². The number of nitrogens with zero attached hydrogens (tertiary/aromatic N) is 2. The van der Waals surface area contributed by atoms with E-state index >= 15 is 0 Å². The third-order valence-electron chi connectivity index (χ3n) is 5.05. The first kappa shape index (κ1) is 20.0. The summed E-state index contributed by atoms with van der Waals surface area (Å²) < 4.78 is 18.7. The van der Waals surface area contributed by atoms with Crippen LogP contribution in [0.15, 0.2) is 42.7 Å². The lowest BCUT2D eigenvalue weighted by Crippen LogP contribution is -2.28. The van der Waals surface area contributed by atoms with E-state index in [9.17, 15) is 4.79 Å². The Morgan fingerprint density at radius 1 is 1.27 bits per heavy atom. The summed E-state index contributed by atoms with van der Waals surface area (Å²) in [7, 11) is 3.21. The van der Waals surface area contributed by atoms with Crippen LogP contribution >= 0.6 is 0 Å². The maximum absolute atomic E-state index is 13.2. The molecule has 1 aliphatic rings. The van der Waals surface area contributed by atoms with Gasteiger partial charge in [-0.25, -0.2) is 4.98 Å². The Morgan fingerprint density at radius 2 is 2.10 bits per heavy atom. The first-order valence-corrected chi connectivity index (χ1v) is 9.77. The number of carbonyl (C=O) groups is 1. The molecule has 0 aliphatic carbocycles. The average molecular weight is 407 g/mol. The number of carbonyl (C=O) groups excluding carboxylic acids is 1. The highest BCUT2D eigenvalue weighted by Crippen LogP contribution is 2.39. The van der Waals surface area contributed by atoms with E-state index in [1.54, 1.807) is 32.5 Å². The molecule has 0 fully saturated rings. The Balaban J connectivity index is 1.68. The van der Waals surface area contributed by atoms with Gasteiger partial charge in [0.1, 0.15) is 22.7 Å². The molecule has 0 atom stereocenters. The number of methoxy groups -OCH3 is 2. The number of hydrogen-bond acceptors (Lipinski definition) is 5.